The molecule has 154 valence electrons. The van der Waals surface area contributed by atoms with Gasteiger partial charge in [-0.1, -0.05) is 30.3 Å². The summed E-state index contributed by atoms with van der Waals surface area (Å²) in [6.07, 6.45) is 0. The fraction of sp³-hybridized carbons (Fsp3) is 0.143. The number of nitrogens with one attached hydrogen (secondary N) is 1. The Morgan fingerprint density at radius 3 is 2.40 bits per heavy atom. The highest BCUT2D eigenvalue weighted by molar-refractivity contribution is 6.07. The summed E-state index contributed by atoms with van der Waals surface area (Å²) < 4.78 is 19.9. The summed E-state index contributed by atoms with van der Waals surface area (Å²) in [6, 6.07) is 14.8. The Kier molecular flexibility index (Phi) is 6.43. The summed E-state index contributed by atoms with van der Waals surface area (Å²) in [5.74, 6) is -2.02. The minimum absolute atomic E-state index is 0.0536. The predicted octanol–water partition coefficient (Wildman–Crippen LogP) is 3.08. The van der Waals surface area contributed by atoms with Gasteiger partial charge >= 0.3 is 11.9 Å². The summed E-state index contributed by atoms with van der Waals surface area (Å²) in [6.45, 7) is 0.252. The van der Waals surface area contributed by atoms with Crippen LogP contribution in [0.4, 0.5) is 5.69 Å². The van der Waals surface area contributed by atoms with Crippen LogP contribution < -0.4 is 10.1 Å². The van der Waals surface area contributed by atoms with Gasteiger partial charge in [-0.2, -0.15) is 0 Å². The number of amides is 1. The van der Waals surface area contributed by atoms with Crippen LogP contribution in [0.3, 0.4) is 0 Å². The number of aromatic nitrogens is 1. The third kappa shape index (κ3) is 4.82. The van der Waals surface area contributed by atoms with Crippen molar-refractivity contribution < 1.29 is 33.1 Å². The minimum Gasteiger partial charge on any atom is -0.471 e. The summed E-state index contributed by atoms with van der Waals surface area (Å²) in [5.41, 5.74) is 1.18. The molecule has 0 atom stereocenters. The number of carbonyl (C=O) groups is 3. The van der Waals surface area contributed by atoms with Crippen molar-refractivity contribution in [1.29, 1.82) is 0 Å². The Labute approximate surface area is 171 Å². The molecule has 0 spiro atoms. The lowest BCUT2D eigenvalue weighted by Gasteiger charge is -2.10. The molecule has 1 aromatic heterocycles. The molecule has 0 saturated heterocycles. The Bertz CT molecular complexity index is 1060. The standard InChI is InChI=1S/C21H18N2O7/c1-27-20(25)14-8-9-15(21(26)28-2)16(10-14)22-19(24)17-11-18(23-30-17)29-12-13-6-4-3-5-7-13/h3-11H,12H2,1-2H3,(H,22,24). The van der Waals surface area contributed by atoms with Crippen molar-refractivity contribution in [2.45, 2.75) is 6.61 Å². The highest BCUT2D eigenvalue weighted by Gasteiger charge is 2.20. The normalized spacial score (nSPS) is 10.2. The molecule has 9 heteroatoms. The molecule has 0 radical (unpaired) electrons. The van der Waals surface area contributed by atoms with Crippen LogP contribution in [-0.4, -0.2) is 37.2 Å². The van der Waals surface area contributed by atoms with Gasteiger partial charge in [0.2, 0.25) is 5.76 Å². The first-order valence-electron chi connectivity index (χ1n) is 8.77. The molecule has 0 aliphatic heterocycles. The van der Waals surface area contributed by atoms with Crippen molar-refractivity contribution in [3.8, 4) is 5.88 Å². The van der Waals surface area contributed by atoms with E-state index in [0.717, 1.165) is 5.56 Å². The van der Waals surface area contributed by atoms with Gasteiger partial charge in [-0.3, -0.25) is 4.79 Å². The molecule has 30 heavy (non-hydrogen) atoms. The molecule has 0 fully saturated rings. The summed E-state index contributed by atoms with van der Waals surface area (Å²) in [4.78, 5) is 36.3. The fourth-order valence-electron chi connectivity index (χ4n) is 2.53. The molecule has 1 N–H and O–H groups in total. The quantitative estimate of drug-likeness (QED) is 0.591. The van der Waals surface area contributed by atoms with Crippen LogP contribution in [-0.2, 0) is 16.1 Å². The van der Waals surface area contributed by atoms with Gasteiger partial charge in [0.25, 0.3) is 11.8 Å². The third-order valence-electron chi connectivity index (χ3n) is 4.04. The van der Waals surface area contributed by atoms with Gasteiger partial charge in [-0.25, -0.2) is 9.59 Å². The average Bonchev–Trinajstić information content (AvgIpc) is 3.26. The summed E-state index contributed by atoms with van der Waals surface area (Å²) in [5, 5.41) is 6.21. The number of esters is 2. The maximum absolute atomic E-state index is 12.5. The van der Waals surface area contributed by atoms with E-state index in [9.17, 15) is 14.4 Å². The highest BCUT2D eigenvalue weighted by Crippen LogP contribution is 2.22. The SMILES string of the molecule is COC(=O)c1ccc(C(=O)OC)c(NC(=O)c2cc(OCc3ccccc3)no2)c1. The molecule has 0 aliphatic carbocycles. The van der Waals surface area contributed by atoms with Crippen LogP contribution in [0.5, 0.6) is 5.88 Å². The van der Waals surface area contributed by atoms with Gasteiger partial charge in [-0.05, 0) is 28.9 Å². The zero-order chi connectivity index (χ0) is 21.5. The van der Waals surface area contributed by atoms with Gasteiger partial charge in [0, 0.05) is 0 Å². The maximum atomic E-state index is 12.5. The number of rotatable bonds is 7. The van der Waals surface area contributed by atoms with E-state index in [1.54, 1.807) is 0 Å². The molecule has 0 saturated carbocycles. The van der Waals surface area contributed by atoms with E-state index >= 15 is 0 Å². The van der Waals surface area contributed by atoms with Crippen LogP contribution in [0.2, 0.25) is 0 Å². The maximum Gasteiger partial charge on any atom is 0.339 e. The zero-order valence-corrected chi connectivity index (χ0v) is 16.2. The number of carbonyl (C=O) groups excluding carboxylic acids is 3. The van der Waals surface area contributed by atoms with Crippen LogP contribution in [0.15, 0.2) is 59.1 Å². The number of nitrogens with zero attached hydrogens (tertiary/aromatic N) is 1. The molecular formula is C21H18N2O7. The van der Waals surface area contributed by atoms with Gasteiger partial charge in [-0.15, -0.1) is 0 Å². The molecule has 9 nitrogen and oxygen atoms in total. The molecule has 0 unspecified atom stereocenters. The largest absolute Gasteiger partial charge is 0.471 e. The van der Waals surface area contributed by atoms with E-state index < -0.39 is 17.8 Å². The first kappa shape index (κ1) is 20.6. The van der Waals surface area contributed by atoms with Crippen LogP contribution in [0, 0.1) is 0 Å². The molecule has 1 heterocycles. The lowest BCUT2D eigenvalue weighted by Crippen LogP contribution is -2.16. The molecule has 1 amide bonds. The first-order chi connectivity index (χ1) is 14.5. The van der Waals surface area contributed by atoms with E-state index in [2.05, 4.69) is 15.2 Å². The van der Waals surface area contributed by atoms with Crippen molar-refractivity contribution in [2.75, 3.05) is 19.5 Å². The molecule has 3 rings (SSSR count). The topological polar surface area (TPSA) is 117 Å². The van der Waals surface area contributed by atoms with E-state index in [0.29, 0.717) is 0 Å². The lowest BCUT2D eigenvalue weighted by atomic mass is 10.1. The van der Waals surface area contributed by atoms with Gasteiger partial charge in [0.1, 0.15) is 6.61 Å². The lowest BCUT2D eigenvalue weighted by molar-refractivity contribution is 0.0587. The number of anilines is 1. The van der Waals surface area contributed by atoms with Crippen molar-refractivity contribution in [3.63, 3.8) is 0 Å². The van der Waals surface area contributed by atoms with E-state index in [1.807, 2.05) is 30.3 Å². The summed E-state index contributed by atoms with van der Waals surface area (Å²) in [7, 11) is 2.43. The predicted molar refractivity (Wildman–Crippen MR) is 104 cm³/mol. The van der Waals surface area contributed by atoms with E-state index in [-0.39, 0.29) is 35.1 Å². The average molecular weight is 410 g/mol. The number of ether oxygens (including phenoxy) is 3. The number of hydrogen-bond acceptors (Lipinski definition) is 8. The minimum atomic E-state index is -0.691. The first-order valence-corrected chi connectivity index (χ1v) is 8.77. The zero-order valence-electron chi connectivity index (χ0n) is 16.2. The van der Waals surface area contributed by atoms with Crippen molar-refractivity contribution in [2.24, 2.45) is 0 Å². The second kappa shape index (κ2) is 9.37. The van der Waals surface area contributed by atoms with E-state index in [1.165, 1.54) is 38.5 Å². The van der Waals surface area contributed by atoms with E-state index in [4.69, 9.17) is 14.0 Å². The van der Waals surface area contributed by atoms with Crippen LogP contribution in [0.25, 0.3) is 0 Å². The Hall–Kier alpha value is -4.14. The third-order valence-corrected chi connectivity index (χ3v) is 4.04. The highest BCUT2D eigenvalue weighted by atomic mass is 16.5. The number of hydrogen-bond donors (Lipinski definition) is 1. The Balaban J connectivity index is 1.75. The monoisotopic (exact) mass is 410 g/mol. The van der Waals surface area contributed by atoms with Gasteiger partial charge < -0.3 is 24.1 Å². The van der Waals surface area contributed by atoms with Crippen molar-refractivity contribution in [1.82, 2.24) is 5.16 Å². The van der Waals surface area contributed by atoms with Crippen LogP contribution in [0.1, 0.15) is 36.8 Å². The fourth-order valence-corrected chi connectivity index (χ4v) is 2.53. The number of benzene rings is 2. The molecule has 0 aliphatic rings. The molecule has 3 aromatic rings. The summed E-state index contributed by atoms with van der Waals surface area (Å²) >= 11 is 0. The van der Waals surface area contributed by atoms with Crippen molar-refractivity contribution in [3.05, 3.63) is 77.0 Å². The molecule has 2 aromatic carbocycles. The Morgan fingerprint density at radius 1 is 0.967 bits per heavy atom. The second-order valence-electron chi connectivity index (χ2n) is 6.00. The smallest absolute Gasteiger partial charge is 0.339 e. The number of methoxy groups -OCH3 is 2. The van der Waals surface area contributed by atoms with Gasteiger partial charge in [0.15, 0.2) is 0 Å². The molecular weight excluding hydrogens is 392 g/mol. The molecule has 0 bridgehead atoms. The van der Waals surface area contributed by atoms with Crippen LogP contribution >= 0.6 is 0 Å². The van der Waals surface area contributed by atoms with Crippen molar-refractivity contribution >= 4 is 23.5 Å². The second-order valence-corrected chi connectivity index (χ2v) is 6.00. The van der Waals surface area contributed by atoms with Gasteiger partial charge in [0.05, 0.1) is 37.1 Å². The Morgan fingerprint density at radius 2 is 1.70 bits per heavy atom.